The summed E-state index contributed by atoms with van der Waals surface area (Å²) in [6.45, 7) is 4.35. The first-order valence-electron chi connectivity index (χ1n) is 12.8. The lowest BCUT2D eigenvalue weighted by Gasteiger charge is -2.58. The molecule has 0 saturated heterocycles. The Kier molecular flexibility index (Phi) is 5.78. The van der Waals surface area contributed by atoms with Crippen LogP contribution in [0.3, 0.4) is 0 Å². The number of rotatable bonds is 4. The lowest BCUT2D eigenvalue weighted by atomic mass is 9.48. The van der Waals surface area contributed by atoms with Crippen LogP contribution in [-0.4, -0.2) is 18.1 Å². The molecule has 3 nitrogen and oxygen atoms in total. The van der Waals surface area contributed by atoms with Crippen LogP contribution in [0.4, 0.5) is 8.78 Å². The van der Waals surface area contributed by atoms with Gasteiger partial charge in [0.05, 0.1) is 11.6 Å². The van der Waals surface area contributed by atoms with E-state index in [4.69, 9.17) is 10.00 Å². The first-order valence-corrected chi connectivity index (χ1v) is 12.8. The highest BCUT2D eigenvalue weighted by atomic mass is 19.1. The Morgan fingerprint density at radius 3 is 2.73 bits per heavy atom. The number of hydrogen-bond donors (Lipinski definition) is 0. The van der Waals surface area contributed by atoms with E-state index in [1.54, 1.807) is 0 Å². The highest BCUT2D eigenvalue weighted by molar-refractivity contribution is 5.83. The van der Waals surface area contributed by atoms with Gasteiger partial charge in [0.2, 0.25) is 0 Å². The molecule has 1 aromatic carbocycles. The Balaban J connectivity index is 1.28. The summed E-state index contributed by atoms with van der Waals surface area (Å²) < 4.78 is 36.1. The lowest BCUT2D eigenvalue weighted by Crippen LogP contribution is -2.56. The van der Waals surface area contributed by atoms with Gasteiger partial charge in [-0.2, -0.15) is 5.26 Å². The molecular formula is C28H35F2NO2. The van der Waals surface area contributed by atoms with Gasteiger partial charge in [0.15, 0.2) is 17.3 Å². The molecule has 5 rings (SSSR count). The third-order valence-electron chi connectivity index (χ3n) is 10.1. The smallest absolute Gasteiger partial charge is 0.173 e. The van der Waals surface area contributed by atoms with Crippen LogP contribution in [-0.2, 0) is 4.79 Å². The van der Waals surface area contributed by atoms with Gasteiger partial charge in [-0.15, -0.1) is 0 Å². The van der Waals surface area contributed by atoms with Gasteiger partial charge in [-0.1, -0.05) is 13.8 Å². The van der Waals surface area contributed by atoms with Crippen molar-refractivity contribution in [2.75, 3.05) is 6.61 Å². The van der Waals surface area contributed by atoms with Gasteiger partial charge >= 0.3 is 0 Å². The summed E-state index contributed by atoms with van der Waals surface area (Å²) in [5, 5.41) is 8.89. The zero-order chi connectivity index (χ0) is 23.4. The Morgan fingerprint density at radius 1 is 1.15 bits per heavy atom. The molecule has 1 aromatic rings. The van der Waals surface area contributed by atoms with Crippen molar-refractivity contribution in [1.29, 1.82) is 5.26 Å². The summed E-state index contributed by atoms with van der Waals surface area (Å²) in [7, 11) is 0. The van der Waals surface area contributed by atoms with E-state index in [9.17, 15) is 9.18 Å². The molecule has 178 valence electrons. The number of halogens is 2. The van der Waals surface area contributed by atoms with Crippen molar-refractivity contribution in [3.05, 3.63) is 29.6 Å². The zero-order valence-corrected chi connectivity index (χ0v) is 19.8. The van der Waals surface area contributed by atoms with Crippen molar-refractivity contribution in [1.82, 2.24) is 0 Å². The normalized spacial score (nSPS) is 41.9. The van der Waals surface area contributed by atoms with E-state index >= 15 is 4.39 Å². The lowest BCUT2D eigenvalue weighted by molar-refractivity contribution is -0.146. The van der Waals surface area contributed by atoms with Crippen LogP contribution in [0, 0.1) is 58.1 Å². The summed E-state index contributed by atoms with van der Waals surface area (Å²) in [5.41, 5.74) is -0.896. The van der Waals surface area contributed by atoms with Crippen molar-refractivity contribution in [3.8, 4) is 11.8 Å². The van der Waals surface area contributed by atoms with Crippen molar-refractivity contribution < 1.29 is 18.3 Å². The van der Waals surface area contributed by atoms with Crippen LogP contribution < -0.4 is 4.74 Å². The molecule has 5 heteroatoms. The number of fused-ring (bicyclic) bond motifs is 5. The fourth-order valence-electron chi connectivity index (χ4n) is 8.46. The van der Waals surface area contributed by atoms with Gasteiger partial charge in [0, 0.05) is 5.92 Å². The number of alkyl halides is 1. The molecule has 4 fully saturated rings. The van der Waals surface area contributed by atoms with Gasteiger partial charge in [0.25, 0.3) is 0 Å². The van der Waals surface area contributed by atoms with Gasteiger partial charge in [-0.3, -0.25) is 4.79 Å². The molecular weight excluding hydrogens is 420 g/mol. The minimum atomic E-state index is -1.00. The SMILES string of the molecule is C[C@H]1CC[C@]2(F)C3CC[C@@]4(C)C(CC[C@@H]4C(=O)COc4ccc(C#N)cc4F)[C@@H]3CC[C@@H]2C1. The highest BCUT2D eigenvalue weighted by Crippen LogP contribution is 2.66. The maximum atomic E-state index is 16.4. The Morgan fingerprint density at radius 2 is 1.97 bits per heavy atom. The van der Waals surface area contributed by atoms with Crippen molar-refractivity contribution in [2.24, 2.45) is 40.9 Å². The molecule has 4 aliphatic rings. The first-order chi connectivity index (χ1) is 15.8. The van der Waals surface area contributed by atoms with Crippen LogP contribution in [0.1, 0.15) is 77.2 Å². The number of carbonyl (C=O) groups excluding carboxylic acids is 1. The van der Waals surface area contributed by atoms with Gasteiger partial charge in [0.1, 0.15) is 12.3 Å². The van der Waals surface area contributed by atoms with Crippen LogP contribution in [0.25, 0.3) is 0 Å². The summed E-state index contributed by atoms with van der Waals surface area (Å²) in [5.74, 6) is 1.10. The van der Waals surface area contributed by atoms with Gasteiger partial charge in [-0.05, 0) is 111 Å². The maximum absolute atomic E-state index is 16.4. The predicted molar refractivity (Wildman–Crippen MR) is 122 cm³/mol. The maximum Gasteiger partial charge on any atom is 0.173 e. The van der Waals surface area contributed by atoms with Crippen molar-refractivity contribution in [2.45, 2.75) is 77.3 Å². The highest BCUT2D eigenvalue weighted by Gasteiger charge is 2.62. The van der Waals surface area contributed by atoms with Crippen LogP contribution >= 0.6 is 0 Å². The molecule has 4 aliphatic carbocycles. The number of carbonyl (C=O) groups is 1. The summed E-state index contributed by atoms with van der Waals surface area (Å²) in [6.07, 6.45) is 8.43. The second-order valence-corrected chi connectivity index (χ2v) is 11.6. The summed E-state index contributed by atoms with van der Waals surface area (Å²) in [4.78, 5) is 13.2. The molecule has 0 spiro atoms. The molecule has 0 aromatic heterocycles. The molecule has 0 heterocycles. The largest absolute Gasteiger partial charge is 0.483 e. The van der Waals surface area contributed by atoms with Gasteiger partial charge < -0.3 is 4.74 Å². The van der Waals surface area contributed by atoms with Crippen LogP contribution in [0.2, 0.25) is 0 Å². The topological polar surface area (TPSA) is 50.1 Å². The molecule has 4 saturated carbocycles. The standard InChI is InChI=1S/C28H35F2NO2/c1-17-9-12-28(30)19(13-17)4-5-20-21-6-7-23(27(21,2)11-10-22(20)28)25(32)16-33-26-8-3-18(15-31)14-24(26)29/h3,8,14,17,19-23H,4-7,9-13,16H2,1-2H3/t17-,19+,20-,21?,22?,23+,27-,28+/m0/s1. The number of nitrogens with zero attached hydrogens (tertiary/aromatic N) is 1. The Hall–Kier alpha value is -1.96. The monoisotopic (exact) mass is 455 g/mol. The molecule has 0 N–H and O–H groups in total. The van der Waals surface area contributed by atoms with Crippen LogP contribution in [0.5, 0.6) is 5.75 Å². The third kappa shape index (κ3) is 3.69. The van der Waals surface area contributed by atoms with E-state index in [0.717, 1.165) is 63.9 Å². The van der Waals surface area contributed by atoms with E-state index in [2.05, 4.69) is 13.8 Å². The molecule has 8 atom stereocenters. The zero-order valence-electron chi connectivity index (χ0n) is 19.8. The molecule has 33 heavy (non-hydrogen) atoms. The van der Waals surface area contributed by atoms with Crippen LogP contribution in [0.15, 0.2) is 18.2 Å². The van der Waals surface area contributed by atoms with E-state index in [0.29, 0.717) is 17.8 Å². The quantitative estimate of drug-likeness (QED) is 0.511. The fourth-order valence-corrected chi connectivity index (χ4v) is 8.46. The van der Waals surface area contributed by atoms with E-state index in [1.807, 2.05) is 6.07 Å². The molecule has 0 bridgehead atoms. The Bertz CT molecular complexity index is 973. The number of hydrogen-bond acceptors (Lipinski definition) is 3. The minimum Gasteiger partial charge on any atom is -0.483 e. The predicted octanol–water partition coefficient (Wildman–Crippen LogP) is 6.64. The van der Waals surface area contributed by atoms with Crippen molar-refractivity contribution in [3.63, 3.8) is 0 Å². The first kappa shape index (κ1) is 22.8. The molecule has 0 radical (unpaired) electrons. The average molecular weight is 456 g/mol. The summed E-state index contributed by atoms with van der Waals surface area (Å²) in [6, 6.07) is 5.93. The fraction of sp³-hybridized carbons (Fsp3) is 0.714. The number of ketones is 1. The minimum absolute atomic E-state index is 0.00924. The van der Waals surface area contributed by atoms with E-state index in [1.165, 1.54) is 12.1 Å². The number of benzene rings is 1. The van der Waals surface area contributed by atoms with E-state index in [-0.39, 0.29) is 46.9 Å². The van der Waals surface area contributed by atoms with E-state index < -0.39 is 11.5 Å². The molecule has 0 amide bonds. The number of Topliss-reactive ketones (excluding diaryl/α,β-unsaturated/α-hetero) is 1. The second-order valence-electron chi connectivity index (χ2n) is 11.6. The number of nitriles is 1. The molecule has 0 aliphatic heterocycles. The molecule has 2 unspecified atom stereocenters. The second kappa shape index (κ2) is 8.36. The van der Waals surface area contributed by atoms with Gasteiger partial charge in [-0.25, -0.2) is 8.78 Å². The third-order valence-corrected chi connectivity index (χ3v) is 10.1. The summed E-state index contributed by atoms with van der Waals surface area (Å²) >= 11 is 0. The Labute approximate surface area is 195 Å². The van der Waals surface area contributed by atoms with Crippen molar-refractivity contribution >= 4 is 5.78 Å². The average Bonchev–Trinajstić information content (AvgIpc) is 3.15. The number of ether oxygens (including phenoxy) is 1.